The molecule has 7 heteroatoms. The Labute approximate surface area is 196 Å². The van der Waals surface area contributed by atoms with Crippen molar-refractivity contribution >= 4 is 17.5 Å². The second-order valence-electron chi connectivity index (χ2n) is 7.45. The van der Waals surface area contributed by atoms with Gasteiger partial charge in [0.25, 0.3) is 11.1 Å². The summed E-state index contributed by atoms with van der Waals surface area (Å²) in [5.74, 6) is 2.94. The van der Waals surface area contributed by atoms with Crippen LogP contribution in [0.1, 0.15) is 24.3 Å². The third kappa shape index (κ3) is 5.04. The van der Waals surface area contributed by atoms with E-state index in [1.54, 1.807) is 13.4 Å². The number of nitrogens with zero attached hydrogens (tertiary/aromatic N) is 2. The van der Waals surface area contributed by atoms with E-state index in [1.165, 1.54) is 18.0 Å². The van der Waals surface area contributed by atoms with E-state index in [-0.39, 0.29) is 0 Å². The van der Waals surface area contributed by atoms with Crippen LogP contribution in [0.2, 0.25) is 0 Å². The summed E-state index contributed by atoms with van der Waals surface area (Å²) in [5.41, 5.74) is 4.54. The van der Waals surface area contributed by atoms with Crippen molar-refractivity contribution in [3.8, 4) is 16.9 Å². The summed E-state index contributed by atoms with van der Waals surface area (Å²) in [7, 11) is 1.67. The fourth-order valence-corrected chi connectivity index (χ4v) is 4.18. The lowest BCUT2D eigenvalue weighted by molar-refractivity contribution is 0.271. The second-order valence-corrected chi connectivity index (χ2v) is 8.37. The van der Waals surface area contributed by atoms with E-state index in [0.29, 0.717) is 28.4 Å². The maximum atomic E-state index is 5.94. The van der Waals surface area contributed by atoms with Gasteiger partial charge in [-0.2, -0.15) is 0 Å². The highest BCUT2D eigenvalue weighted by Crippen LogP contribution is 2.31. The molecule has 1 aliphatic carbocycles. The zero-order valence-corrected chi connectivity index (χ0v) is 18.9. The highest BCUT2D eigenvalue weighted by Gasteiger charge is 2.21. The van der Waals surface area contributed by atoms with Crippen molar-refractivity contribution in [1.29, 1.82) is 0 Å². The van der Waals surface area contributed by atoms with E-state index >= 15 is 0 Å². The molecule has 0 spiro atoms. The summed E-state index contributed by atoms with van der Waals surface area (Å²) < 4.78 is 22.4. The van der Waals surface area contributed by atoms with Crippen LogP contribution in [-0.4, -0.2) is 17.3 Å². The van der Waals surface area contributed by atoms with Crippen LogP contribution in [0.25, 0.3) is 16.9 Å². The summed E-state index contributed by atoms with van der Waals surface area (Å²) in [6, 6.07) is 16.5. The molecule has 0 N–H and O–H groups in total. The van der Waals surface area contributed by atoms with Crippen molar-refractivity contribution < 1.29 is 18.6 Å². The predicted molar refractivity (Wildman–Crippen MR) is 127 cm³/mol. The van der Waals surface area contributed by atoms with Gasteiger partial charge in [0.1, 0.15) is 18.3 Å². The zero-order chi connectivity index (χ0) is 22.5. The second kappa shape index (κ2) is 9.83. The molecule has 0 saturated heterocycles. The van der Waals surface area contributed by atoms with Crippen LogP contribution >= 0.6 is 11.8 Å². The van der Waals surface area contributed by atoms with Crippen molar-refractivity contribution in [2.45, 2.75) is 23.8 Å². The normalized spacial score (nSPS) is 15.1. The molecule has 0 unspecified atom stereocenters. The Kier molecular flexibility index (Phi) is 6.30. The molecule has 2 heterocycles. The molecular weight excluding hydrogens is 436 g/mol. The van der Waals surface area contributed by atoms with Gasteiger partial charge in [0.05, 0.1) is 7.11 Å². The van der Waals surface area contributed by atoms with Crippen LogP contribution in [0.4, 0.5) is 0 Å². The molecule has 166 valence electrons. The Balaban J connectivity index is 1.19. The van der Waals surface area contributed by atoms with Crippen LogP contribution in [0, 0.1) is 0 Å². The molecule has 2 aliphatic rings. The molecule has 0 radical (unpaired) electrons. The number of methoxy groups -OCH3 is 1. The molecule has 0 fully saturated rings. The lowest BCUT2D eigenvalue weighted by atomic mass is 10.0. The molecule has 1 aromatic heterocycles. The van der Waals surface area contributed by atoms with Gasteiger partial charge in [0, 0.05) is 5.75 Å². The largest absolute Gasteiger partial charge is 0.497 e. The van der Waals surface area contributed by atoms with E-state index in [4.69, 9.17) is 18.6 Å². The summed E-state index contributed by atoms with van der Waals surface area (Å²) >= 11 is 1.48. The average molecular weight is 459 g/mol. The molecule has 0 saturated carbocycles. The van der Waals surface area contributed by atoms with E-state index in [2.05, 4.69) is 52.7 Å². The topological polar surface area (TPSA) is 66.6 Å². The first-order valence-corrected chi connectivity index (χ1v) is 11.6. The standard InChI is InChI=1S/C26H22N2O4S/c1-29-22-13-11-20(12-14-22)19-9-7-18(8-10-19)17-33-26-28-27-25(32-26)24-16-30-15-23(31-24)21-5-3-2-4-6-21/h2-3,5,7-16H,4,6,17H2,1H3. The summed E-state index contributed by atoms with van der Waals surface area (Å²) in [6.45, 7) is 0. The number of aromatic nitrogens is 2. The first-order chi connectivity index (χ1) is 16.3. The Morgan fingerprint density at radius 2 is 1.70 bits per heavy atom. The van der Waals surface area contributed by atoms with Gasteiger partial charge in [0.15, 0.2) is 5.76 Å². The Bertz CT molecular complexity index is 1240. The molecule has 5 rings (SSSR count). The van der Waals surface area contributed by atoms with Crippen molar-refractivity contribution in [1.82, 2.24) is 10.2 Å². The van der Waals surface area contributed by atoms with Gasteiger partial charge < -0.3 is 18.6 Å². The predicted octanol–water partition coefficient (Wildman–Crippen LogP) is 6.50. The summed E-state index contributed by atoms with van der Waals surface area (Å²) in [5, 5.41) is 8.73. The van der Waals surface area contributed by atoms with Crippen LogP contribution in [0.3, 0.4) is 0 Å². The number of allylic oxidation sites excluding steroid dienone is 4. The van der Waals surface area contributed by atoms with Crippen LogP contribution in [0.5, 0.6) is 5.75 Å². The fraction of sp³-hybridized carbons (Fsp3) is 0.154. The SMILES string of the molecule is COc1ccc(-c2ccc(CSc3nnc(C4=COC=C(C5=CC=CCC5)O4)o3)cc2)cc1. The van der Waals surface area contributed by atoms with Gasteiger partial charge in [-0.3, -0.25) is 0 Å². The highest BCUT2D eigenvalue weighted by atomic mass is 32.2. The minimum atomic E-state index is 0.296. The van der Waals surface area contributed by atoms with Crippen LogP contribution < -0.4 is 4.74 Å². The third-order valence-electron chi connectivity index (χ3n) is 5.26. The molecule has 0 atom stereocenters. The molecular formula is C26H22N2O4S. The van der Waals surface area contributed by atoms with Crippen molar-refractivity contribution in [2.24, 2.45) is 0 Å². The quantitative estimate of drug-likeness (QED) is 0.374. The molecule has 1 aliphatic heterocycles. The van der Waals surface area contributed by atoms with E-state index < -0.39 is 0 Å². The van der Waals surface area contributed by atoms with E-state index in [0.717, 1.165) is 40.9 Å². The lowest BCUT2D eigenvalue weighted by Gasteiger charge is -2.17. The Morgan fingerprint density at radius 1 is 0.939 bits per heavy atom. The zero-order valence-electron chi connectivity index (χ0n) is 18.1. The van der Waals surface area contributed by atoms with Crippen LogP contribution in [0.15, 0.2) is 100 Å². The Morgan fingerprint density at radius 3 is 2.42 bits per heavy atom. The number of rotatable bonds is 7. The minimum Gasteiger partial charge on any atom is -0.497 e. The van der Waals surface area contributed by atoms with Gasteiger partial charge in [0.2, 0.25) is 5.76 Å². The maximum absolute atomic E-state index is 5.94. The Hall–Kier alpha value is -3.71. The van der Waals surface area contributed by atoms with E-state index in [9.17, 15) is 0 Å². The van der Waals surface area contributed by atoms with Gasteiger partial charge in [-0.25, -0.2) is 0 Å². The number of hydrogen-bond acceptors (Lipinski definition) is 7. The first kappa shape index (κ1) is 21.2. The minimum absolute atomic E-state index is 0.296. The summed E-state index contributed by atoms with van der Waals surface area (Å²) in [4.78, 5) is 0. The monoisotopic (exact) mass is 458 g/mol. The van der Waals surface area contributed by atoms with Crippen molar-refractivity contribution in [2.75, 3.05) is 7.11 Å². The number of thioether (sulfide) groups is 1. The average Bonchev–Trinajstić information content (AvgIpc) is 3.38. The summed E-state index contributed by atoms with van der Waals surface area (Å²) in [6.07, 6.45) is 11.1. The first-order valence-electron chi connectivity index (χ1n) is 10.6. The molecule has 2 aromatic carbocycles. The molecule has 6 nitrogen and oxygen atoms in total. The maximum Gasteiger partial charge on any atom is 0.287 e. The van der Waals surface area contributed by atoms with Gasteiger partial charge in [-0.15, -0.1) is 10.2 Å². The molecule has 3 aromatic rings. The number of hydrogen-bond donors (Lipinski definition) is 0. The van der Waals surface area contributed by atoms with Crippen LogP contribution in [-0.2, 0) is 15.2 Å². The van der Waals surface area contributed by atoms with Crippen molar-refractivity contribution in [3.05, 3.63) is 102 Å². The third-order valence-corrected chi connectivity index (χ3v) is 6.15. The number of ether oxygens (including phenoxy) is 3. The molecule has 0 bridgehead atoms. The molecule has 33 heavy (non-hydrogen) atoms. The van der Waals surface area contributed by atoms with E-state index in [1.807, 2.05) is 24.3 Å². The fourth-order valence-electron chi connectivity index (χ4n) is 3.46. The van der Waals surface area contributed by atoms with Gasteiger partial charge in [-0.05, 0) is 47.2 Å². The highest BCUT2D eigenvalue weighted by molar-refractivity contribution is 7.98. The lowest BCUT2D eigenvalue weighted by Crippen LogP contribution is -2.03. The van der Waals surface area contributed by atoms with Gasteiger partial charge >= 0.3 is 0 Å². The smallest absolute Gasteiger partial charge is 0.287 e. The van der Waals surface area contributed by atoms with Crippen molar-refractivity contribution in [3.63, 3.8) is 0 Å². The number of benzene rings is 2. The van der Waals surface area contributed by atoms with Gasteiger partial charge in [-0.1, -0.05) is 66.4 Å². The molecule has 0 amide bonds.